The van der Waals surface area contributed by atoms with Crippen LogP contribution in [0.5, 0.6) is 0 Å². The lowest BCUT2D eigenvalue weighted by Gasteiger charge is -2.10. The van der Waals surface area contributed by atoms with E-state index in [4.69, 9.17) is 0 Å². The second-order valence-electron chi connectivity index (χ2n) is 7.76. The molecule has 1 amide bonds. The molecule has 1 N–H and O–H groups in total. The molecule has 0 aliphatic rings. The molecule has 2 aromatic carbocycles. The number of halogens is 1. The van der Waals surface area contributed by atoms with Crippen LogP contribution in [0.2, 0.25) is 0 Å². The van der Waals surface area contributed by atoms with Crippen molar-refractivity contribution in [1.82, 2.24) is 24.6 Å². The average Bonchev–Trinajstić information content (AvgIpc) is 3.49. The fourth-order valence-corrected chi connectivity index (χ4v) is 4.76. The van der Waals surface area contributed by atoms with Gasteiger partial charge < -0.3 is 9.88 Å². The van der Waals surface area contributed by atoms with Gasteiger partial charge in [-0.05, 0) is 48.5 Å². The molecule has 0 saturated heterocycles. The Labute approximate surface area is 202 Å². The molecule has 0 radical (unpaired) electrons. The van der Waals surface area contributed by atoms with Crippen LogP contribution in [0.15, 0.2) is 78.3 Å². The van der Waals surface area contributed by atoms with Gasteiger partial charge in [-0.3, -0.25) is 9.48 Å². The lowest BCUT2D eigenvalue weighted by molar-refractivity contribution is 0.0952. The molecule has 178 valence electrons. The number of amides is 1. The fraction of sp³-hybridized carbons (Fsp3) is 0.160. The number of aromatic nitrogens is 4. The first kappa shape index (κ1) is 23.9. The van der Waals surface area contributed by atoms with E-state index in [1.54, 1.807) is 38.0 Å². The van der Waals surface area contributed by atoms with E-state index < -0.39 is 15.7 Å². The summed E-state index contributed by atoms with van der Waals surface area (Å²) in [5, 5.41) is 6.95. The fourth-order valence-electron chi connectivity index (χ4n) is 3.35. The Morgan fingerprint density at radius 2 is 1.89 bits per heavy atom. The number of carbonyl (C=O) groups is 1. The van der Waals surface area contributed by atoms with E-state index in [0.717, 1.165) is 0 Å². The molecule has 8 nitrogen and oxygen atoms in total. The lowest BCUT2D eigenvalue weighted by Crippen LogP contribution is -2.27. The zero-order chi connectivity index (χ0) is 24.8. The Kier molecular flexibility index (Phi) is 7.08. The van der Waals surface area contributed by atoms with Gasteiger partial charge in [-0.25, -0.2) is 17.8 Å². The maximum Gasteiger partial charge on any atom is 0.251 e. The lowest BCUT2D eigenvalue weighted by atomic mass is 10.1. The zero-order valence-corrected chi connectivity index (χ0v) is 19.7. The Morgan fingerprint density at radius 3 is 2.57 bits per heavy atom. The Hall–Kier alpha value is -4.23. The highest BCUT2D eigenvalue weighted by Crippen LogP contribution is 2.21. The van der Waals surface area contributed by atoms with Crippen molar-refractivity contribution in [3.63, 3.8) is 0 Å². The summed E-state index contributed by atoms with van der Waals surface area (Å²) in [6.07, 6.45) is 6.75. The molecule has 10 heteroatoms. The topological polar surface area (TPSA) is 98.9 Å². The van der Waals surface area contributed by atoms with Gasteiger partial charge in [0.1, 0.15) is 5.82 Å². The Balaban J connectivity index is 1.63. The van der Waals surface area contributed by atoms with E-state index in [-0.39, 0.29) is 27.7 Å². The molecular formula is C25H22FN5O3S. The molecule has 35 heavy (non-hydrogen) atoms. The molecule has 0 aliphatic heterocycles. The number of imidazole rings is 1. The van der Waals surface area contributed by atoms with Crippen molar-refractivity contribution in [3.05, 3.63) is 102 Å². The summed E-state index contributed by atoms with van der Waals surface area (Å²) >= 11 is 0. The van der Waals surface area contributed by atoms with Crippen LogP contribution >= 0.6 is 0 Å². The van der Waals surface area contributed by atoms with Crippen molar-refractivity contribution in [2.45, 2.75) is 17.2 Å². The van der Waals surface area contributed by atoms with E-state index in [1.807, 2.05) is 4.57 Å². The Bertz CT molecular complexity index is 1500. The quantitative estimate of drug-likeness (QED) is 0.401. The summed E-state index contributed by atoms with van der Waals surface area (Å²) in [5.41, 5.74) is 1.35. The average molecular weight is 492 g/mol. The highest BCUT2D eigenvalue weighted by atomic mass is 32.2. The van der Waals surface area contributed by atoms with Crippen molar-refractivity contribution in [1.29, 1.82) is 0 Å². The number of hydrogen-bond acceptors (Lipinski definition) is 5. The SMILES string of the molecule is Cn1ccc(CS(=O)(=O)c2ccc(C(=O)NCCn3ccnc3)cc2C#Cc2ccc(F)cc2)n1. The zero-order valence-electron chi connectivity index (χ0n) is 18.8. The molecular weight excluding hydrogens is 469 g/mol. The summed E-state index contributed by atoms with van der Waals surface area (Å²) in [4.78, 5) is 16.7. The van der Waals surface area contributed by atoms with Gasteiger partial charge in [0.05, 0.1) is 22.7 Å². The first-order valence-corrected chi connectivity index (χ1v) is 12.3. The second kappa shape index (κ2) is 10.4. The van der Waals surface area contributed by atoms with E-state index in [1.165, 1.54) is 47.1 Å². The molecule has 0 aliphatic carbocycles. The van der Waals surface area contributed by atoms with E-state index in [2.05, 4.69) is 27.2 Å². The van der Waals surface area contributed by atoms with Crippen molar-refractivity contribution in [2.24, 2.45) is 7.05 Å². The van der Waals surface area contributed by atoms with Crippen molar-refractivity contribution >= 4 is 15.7 Å². The van der Waals surface area contributed by atoms with Crippen LogP contribution in [0, 0.1) is 17.7 Å². The predicted molar refractivity (Wildman–Crippen MR) is 127 cm³/mol. The predicted octanol–water partition coefficient (Wildman–Crippen LogP) is 2.56. The molecule has 4 rings (SSSR count). The second-order valence-corrected chi connectivity index (χ2v) is 9.72. The smallest absolute Gasteiger partial charge is 0.251 e. The standard InChI is InChI=1S/C25H22FN5O3S/c1-30-13-10-23(29-30)17-35(33,34)24-9-6-21(25(32)28-12-15-31-14-11-27-18-31)16-20(24)5-2-19-3-7-22(26)8-4-19/h3-4,6-11,13-14,16,18H,12,15,17H2,1H3,(H,28,32). The summed E-state index contributed by atoms with van der Waals surface area (Å²) in [7, 11) is -2.11. The van der Waals surface area contributed by atoms with Crippen LogP contribution in [-0.4, -0.2) is 40.2 Å². The number of benzene rings is 2. The largest absolute Gasteiger partial charge is 0.350 e. The first-order valence-electron chi connectivity index (χ1n) is 10.7. The van der Waals surface area contributed by atoms with Crippen molar-refractivity contribution in [2.75, 3.05) is 6.54 Å². The molecule has 0 spiro atoms. The van der Waals surface area contributed by atoms with Gasteiger partial charge in [-0.15, -0.1) is 0 Å². The van der Waals surface area contributed by atoms with Crippen molar-refractivity contribution in [3.8, 4) is 11.8 Å². The molecule has 0 saturated carbocycles. The summed E-state index contributed by atoms with van der Waals surface area (Å²) in [5.74, 6) is 4.64. The summed E-state index contributed by atoms with van der Waals surface area (Å²) in [6, 6.07) is 11.5. The number of sulfone groups is 1. The van der Waals surface area contributed by atoms with Crippen LogP contribution in [-0.2, 0) is 29.2 Å². The number of rotatable bonds is 7. The minimum absolute atomic E-state index is 0.00673. The maximum absolute atomic E-state index is 13.2. The van der Waals surface area contributed by atoms with Crippen LogP contribution in [0.1, 0.15) is 27.2 Å². The van der Waals surface area contributed by atoms with Crippen LogP contribution < -0.4 is 5.32 Å². The Morgan fingerprint density at radius 1 is 1.09 bits per heavy atom. The molecule has 4 aromatic rings. The highest BCUT2D eigenvalue weighted by Gasteiger charge is 2.21. The minimum Gasteiger partial charge on any atom is -0.350 e. The first-order chi connectivity index (χ1) is 16.8. The number of hydrogen-bond donors (Lipinski definition) is 1. The monoisotopic (exact) mass is 491 g/mol. The normalized spacial score (nSPS) is 11.0. The van der Waals surface area contributed by atoms with Gasteiger partial charge >= 0.3 is 0 Å². The summed E-state index contributed by atoms with van der Waals surface area (Å²) < 4.78 is 43.0. The van der Waals surface area contributed by atoms with E-state index in [9.17, 15) is 17.6 Å². The van der Waals surface area contributed by atoms with E-state index >= 15 is 0 Å². The third-order valence-corrected chi connectivity index (χ3v) is 6.79. The highest BCUT2D eigenvalue weighted by molar-refractivity contribution is 7.90. The number of nitrogens with one attached hydrogen (secondary N) is 1. The minimum atomic E-state index is -3.81. The number of nitrogens with zero attached hydrogens (tertiary/aromatic N) is 4. The van der Waals surface area contributed by atoms with Crippen LogP contribution in [0.3, 0.4) is 0 Å². The number of carbonyl (C=O) groups excluding carboxylic acids is 1. The van der Waals surface area contributed by atoms with Gasteiger partial charge in [0.2, 0.25) is 0 Å². The van der Waals surface area contributed by atoms with Gasteiger partial charge in [0, 0.05) is 55.4 Å². The number of aryl methyl sites for hydroxylation is 1. The maximum atomic E-state index is 13.2. The summed E-state index contributed by atoms with van der Waals surface area (Å²) in [6.45, 7) is 0.908. The van der Waals surface area contributed by atoms with E-state index in [0.29, 0.717) is 24.3 Å². The van der Waals surface area contributed by atoms with Crippen LogP contribution in [0.25, 0.3) is 0 Å². The van der Waals surface area contributed by atoms with Crippen molar-refractivity contribution < 1.29 is 17.6 Å². The molecule has 2 aromatic heterocycles. The van der Waals surface area contributed by atoms with Gasteiger partial charge in [0.15, 0.2) is 9.84 Å². The third kappa shape index (κ3) is 6.22. The molecule has 0 unspecified atom stereocenters. The van der Waals surface area contributed by atoms with Gasteiger partial charge in [-0.2, -0.15) is 5.10 Å². The molecule has 0 fully saturated rings. The van der Waals surface area contributed by atoms with Gasteiger partial charge in [0.25, 0.3) is 5.91 Å². The van der Waals surface area contributed by atoms with Crippen LogP contribution in [0.4, 0.5) is 4.39 Å². The molecule has 0 atom stereocenters. The third-order valence-electron chi connectivity index (χ3n) is 5.08. The molecule has 2 heterocycles. The van der Waals surface area contributed by atoms with Gasteiger partial charge in [-0.1, -0.05) is 11.8 Å². The molecule has 0 bridgehead atoms.